The fourth-order valence-electron chi connectivity index (χ4n) is 1.01. The lowest BCUT2D eigenvalue weighted by Crippen LogP contribution is -2.41. The normalized spacial score (nSPS) is 11.2. The number of carbonyl (C=O) groups is 1. The Bertz CT molecular complexity index is 260. The molecule has 0 aromatic heterocycles. The van der Waals surface area contributed by atoms with Crippen LogP contribution in [0, 0.1) is 11.3 Å². The van der Waals surface area contributed by atoms with E-state index in [-0.39, 0.29) is 13.0 Å². The van der Waals surface area contributed by atoms with E-state index < -0.39 is 18.6 Å². The van der Waals surface area contributed by atoms with Gasteiger partial charge in [-0.1, -0.05) is 6.92 Å². The molecule has 0 saturated carbocycles. The third-order valence-corrected chi connectivity index (χ3v) is 1.84. The van der Waals surface area contributed by atoms with E-state index in [1.165, 1.54) is 0 Å². The number of carbonyl (C=O) groups excluding carboxylic acids is 1. The van der Waals surface area contributed by atoms with Gasteiger partial charge < -0.3 is 5.32 Å². The Balaban J connectivity index is 3.88. The van der Waals surface area contributed by atoms with Crippen LogP contribution in [0.2, 0.25) is 0 Å². The molecular weight excluding hydrogens is 223 g/mol. The lowest BCUT2D eigenvalue weighted by molar-refractivity contribution is -0.139. The Labute approximate surface area is 92.0 Å². The number of hydrogen-bond donors (Lipinski definition) is 1. The molecule has 0 unspecified atom stereocenters. The number of hydrogen-bond acceptors (Lipinski definition) is 3. The van der Waals surface area contributed by atoms with Crippen LogP contribution in [0.3, 0.4) is 0 Å². The molecule has 0 spiro atoms. The summed E-state index contributed by atoms with van der Waals surface area (Å²) in [7, 11) is 0. The van der Waals surface area contributed by atoms with Crippen LogP contribution in [0.4, 0.5) is 13.2 Å². The zero-order valence-electron chi connectivity index (χ0n) is 8.97. The highest BCUT2D eigenvalue weighted by Crippen LogP contribution is 2.11. The molecule has 7 heteroatoms. The average molecular weight is 237 g/mol. The van der Waals surface area contributed by atoms with Crippen LogP contribution in [-0.4, -0.2) is 43.2 Å². The Morgan fingerprint density at radius 1 is 1.50 bits per heavy atom. The SMILES string of the molecule is CCN(CCC#N)CC(=O)NCC(F)(F)F. The number of nitriles is 1. The molecule has 0 aromatic carbocycles. The topological polar surface area (TPSA) is 56.1 Å². The quantitative estimate of drug-likeness (QED) is 0.746. The molecule has 0 aliphatic heterocycles. The van der Waals surface area contributed by atoms with Crippen molar-refractivity contribution in [3.8, 4) is 6.07 Å². The Hall–Kier alpha value is -1.29. The van der Waals surface area contributed by atoms with Gasteiger partial charge in [0.15, 0.2) is 0 Å². The third-order valence-electron chi connectivity index (χ3n) is 1.84. The molecule has 0 atom stereocenters. The number of amides is 1. The van der Waals surface area contributed by atoms with Gasteiger partial charge in [-0.25, -0.2) is 0 Å². The second-order valence-corrected chi connectivity index (χ2v) is 3.17. The van der Waals surface area contributed by atoms with E-state index in [9.17, 15) is 18.0 Å². The molecule has 16 heavy (non-hydrogen) atoms. The Kier molecular flexibility index (Phi) is 6.49. The van der Waals surface area contributed by atoms with Crippen molar-refractivity contribution in [3.63, 3.8) is 0 Å². The summed E-state index contributed by atoms with van der Waals surface area (Å²) < 4.78 is 35.3. The molecule has 0 aliphatic rings. The Morgan fingerprint density at radius 2 is 2.12 bits per heavy atom. The summed E-state index contributed by atoms with van der Waals surface area (Å²) in [5.74, 6) is -0.683. The molecule has 4 nitrogen and oxygen atoms in total. The fraction of sp³-hybridized carbons (Fsp3) is 0.778. The first kappa shape index (κ1) is 14.7. The predicted octanol–water partition coefficient (Wildman–Crippen LogP) is 0.900. The summed E-state index contributed by atoms with van der Waals surface area (Å²) in [6.45, 7) is 1.23. The van der Waals surface area contributed by atoms with Crippen molar-refractivity contribution >= 4 is 5.91 Å². The van der Waals surface area contributed by atoms with E-state index in [1.807, 2.05) is 6.07 Å². The summed E-state index contributed by atoms with van der Waals surface area (Å²) in [6, 6.07) is 1.91. The maximum atomic E-state index is 11.8. The van der Waals surface area contributed by atoms with Crippen molar-refractivity contribution in [2.45, 2.75) is 19.5 Å². The highest BCUT2D eigenvalue weighted by molar-refractivity contribution is 5.78. The van der Waals surface area contributed by atoms with Gasteiger partial charge in [-0.05, 0) is 6.54 Å². The molecule has 92 valence electrons. The van der Waals surface area contributed by atoms with Crippen LogP contribution < -0.4 is 5.32 Å². The second-order valence-electron chi connectivity index (χ2n) is 3.17. The van der Waals surface area contributed by atoms with Gasteiger partial charge >= 0.3 is 6.18 Å². The largest absolute Gasteiger partial charge is 0.405 e. The van der Waals surface area contributed by atoms with Crippen LogP contribution >= 0.6 is 0 Å². The maximum Gasteiger partial charge on any atom is 0.405 e. The molecule has 0 aromatic rings. The van der Waals surface area contributed by atoms with E-state index >= 15 is 0 Å². The molecule has 0 radical (unpaired) electrons. The van der Waals surface area contributed by atoms with Gasteiger partial charge in [-0.3, -0.25) is 9.69 Å². The second kappa shape index (κ2) is 7.06. The van der Waals surface area contributed by atoms with E-state index in [0.717, 1.165) is 0 Å². The van der Waals surface area contributed by atoms with Crippen molar-refractivity contribution in [2.75, 3.05) is 26.2 Å². The van der Waals surface area contributed by atoms with Crippen molar-refractivity contribution in [1.29, 1.82) is 5.26 Å². The summed E-state index contributed by atoms with van der Waals surface area (Å²) in [4.78, 5) is 12.7. The van der Waals surface area contributed by atoms with Gasteiger partial charge in [0.1, 0.15) is 6.54 Å². The summed E-state index contributed by atoms with van der Waals surface area (Å²) in [6.07, 6.45) is -4.14. The predicted molar refractivity (Wildman–Crippen MR) is 51.4 cm³/mol. The minimum absolute atomic E-state index is 0.117. The molecular formula is C9H14F3N3O. The van der Waals surface area contributed by atoms with E-state index in [4.69, 9.17) is 5.26 Å². The first-order chi connectivity index (χ1) is 7.39. The molecule has 0 fully saturated rings. The number of nitrogens with one attached hydrogen (secondary N) is 1. The molecule has 0 bridgehead atoms. The molecule has 1 N–H and O–H groups in total. The lowest BCUT2D eigenvalue weighted by atomic mass is 10.4. The average Bonchev–Trinajstić information content (AvgIpc) is 2.20. The molecule has 1 amide bonds. The van der Waals surface area contributed by atoms with Gasteiger partial charge in [-0.2, -0.15) is 18.4 Å². The maximum absolute atomic E-state index is 11.8. The van der Waals surface area contributed by atoms with Crippen LogP contribution in [0.1, 0.15) is 13.3 Å². The van der Waals surface area contributed by atoms with Gasteiger partial charge in [0.25, 0.3) is 0 Å². The standard InChI is InChI=1S/C9H14F3N3O/c1-2-15(5-3-4-13)6-8(16)14-7-9(10,11)12/h2-3,5-7H2,1H3,(H,14,16). The highest BCUT2D eigenvalue weighted by atomic mass is 19.4. The zero-order valence-corrected chi connectivity index (χ0v) is 8.97. The number of alkyl halides is 3. The van der Waals surface area contributed by atoms with Gasteiger partial charge in [0, 0.05) is 13.0 Å². The van der Waals surface area contributed by atoms with Gasteiger partial charge in [-0.15, -0.1) is 0 Å². The van der Waals surface area contributed by atoms with Gasteiger partial charge in [0.05, 0.1) is 12.6 Å². The van der Waals surface area contributed by atoms with Crippen molar-refractivity contribution in [2.24, 2.45) is 0 Å². The number of likely N-dealkylation sites (N-methyl/N-ethyl adjacent to an activating group) is 1. The number of nitrogens with zero attached hydrogens (tertiary/aromatic N) is 2. The van der Waals surface area contributed by atoms with Crippen LogP contribution in [0.5, 0.6) is 0 Å². The Morgan fingerprint density at radius 3 is 2.56 bits per heavy atom. The first-order valence-corrected chi connectivity index (χ1v) is 4.81. The smallest absolute Gasteiger partial charge is 0.346 e. The minimum atomic E-state index is -4.39. The van der Waals surface area contributed by atoms with Crippen LogP contribution in [0.15, 0.2) is 0 Å². The number of rotatable bonds is 6. The van der Waals surface area contributed by atoms with Crippen molar-refractivity contribution in [3.05, 3.63) is 0 Å². The van der Waals surface area contributed by atoms with E-state index in [2.05, 4.69) is 0 Å². The molecule has 0 saturated heterocycles. The summed E-state index contributed by atoms with van der Waals surface area (Å²) >= 11 is 0. The van der Waals surface area contributed by atoms with Crippen molar-refractivity contribution in [1.82, 2.24) is 10.2 Å². The summed E-state index contributed by atoms with van der Waals surface area (Å²) in [5, 5.41) is 10.1. The van der Waals surface area contributed by atoms with E-state index in [0.29, 0.717) is 13.1 Å². The minimum Gasteiger partial charge on any atom is -0.346 e. The number of halogens is 3. The van der Waals surface area contributed by atoms with Crippen LogP contribution in [-0.2, 0) is 4.79 Å². The van der Waals surface area contributed by atoms with Crippen LogP contribution in [0.25, 0.3) is 0 Å². The highest BCUT2D eigenvalue weighted by Gasteiger charge is 2.27. The molecule has 0 aliphatic carbocycles. The lowest BCUT2D eigenvalue weighted by Gasteiger charge is -2.18. The fourth-order valence-corrected chi connectivity index (χ4v) is 1.01. The van der Waals surface area contributed by atoms with E-state index in [1.54, 1.807) is 17.1 Å². The van der Waals surface area contributed by atoms with Gasteiger partial charge in [0.2, 0.25) is 5.91 Å². The first-order valence-electron chi connectivity index (χ1n) is 4.81. The zero-order chi connectivity index (χ0) is 12.6. The summed E-state index contributed by atoms with van der Waals surface area (Å²) in [5.41, 5.74) is 0. The molecule has 0 heterocycles. The molecule has 0 rings (SSSR count). The monoisotopic (exact) mass is 237 g/mol. The van der Waals surface area contributed by atoms with Crippen molar-refractivity contribution < 1.29 is 18.0 Å². The third kappa shape index (κ3) is 8.05.